The first kappa shape index (κ1) is 16.5. The zero-order valence-electron chi connectivity index (χ0n) is 13.0. The highest BCUT2D eigenvalue weighted by Gasteiger charge is 2.33. The van der Waals surface area contributed by atoms with Crippen molar-refractivity contribution in [2.45, 2.75) is 39.3 Å². The Bertz CT molecular complexity index is 630. The third-order valence-corrected chi connectivity index (χ3v) is 3.62. The van der Waals surface area contributed by atoms with E-state index in [-0.39, 0.29) is 6.03 Å². The molecule has 1 heterocycles. The smallest absolute Gasteiger partial charge is 0.338 e. The number of hydrogen-bond donors (Lipinski definition) is 2. The lowest BCUT2D eigenvalue weighted by Gasteiger charge is -2.30. The van der Waals surface area contributed by atoms with Crippen molar-refractivity contribution < 1.29 is 14.3 Å². The van der Waals surface area contributed by atoms with Crippen molar-refractivity contribution in [2.75, 3.05) is 0 Å². The van der Waals surface area contributed by atoms with Gasteiger partial charge in [0, 0.05) is 10.2 Å². The molecule has 1 aliphatic heterocycles. The van der Waals surface area contributed by atoms with E-state index in [1.165, 1.54) is 0 Å². The molecule has 0 saturated carbocycles. The first-order valence-electron chi connectivity index (χ1n) is 6.94. The molecule has 0 bridgehead atoms. The van der Waals surface area contributed by atoms with E-state index in [4.69, 9.17) is 4.74 Å². The summed E-state index contributed by atoms with van der Waals surface area (Å²) in [7, 11) is 0. The number of ether oxygens (including phenoxy) is 1. The molecule has 0 aliphatic carbocycles. The van der Waals surface area contributed by atoms with Gasteiger partial charge >= 0.3 is 12.0 Å². The van der Waals surface area contributed by atoms with Crippen LogP contribution in [0.1, 0.15) is 39.3 Å². The number of esters is 1. The molecule has 1 aliphatic rings. The molecule has 1 atom stereocenters. The zero-order chi connectivity index (χ0) is 16.5. The Kier molecular flexibility index (Phi) is 4.60. The molecule has 2 rings (SSSR count). The Morgan fingerprint density at radius 2 is 1.82 bits per heavy atom. The van der Waals surface area contributed by atoms with Gasteiger partial charge in [-0.25, -0.2) is 9.59 Å². The van der Waals surface area contributed by atoms with Gasteiger partial charge < -0.3 is 15.4 Å². The number of benzene rings is 1. The van der Waals surface area contributed by atoms with Crippen LogP contribution >= 0.6 is 15.9 Å². The monoisotopic (exact) mass is 366 g/mol. The summed E-state index contributed by atoms with van der Waals surface area (Å²) >= 11 is 3.37. The van der Waals surface area contributed by atoms with E-state index in [1.807, 2.05) is 45.0 Å². The first-order chi connectivity index (χ1) is 10.2. The largest absolute Gasteiger partial charge is 0.456 e. The fourth-order valence-corrected chi connectivity index (χ4v) is 2.47. The van der Waals surface area contributed by atoms with Gasteiger partial charge in [0.2, 0.25) is 0 Å². The number of rotatable bonds is 2. The van der Waals surface area contributed by atoms with Crippen LogP contribution in [0.15, 0.2) is 40.0 Å². The van der Waals surface area contributed by atoms with E-state index in [0.29, 0.717) is 11.3 Å². The summed E-state index contributed by atoms with van der Waals surface area (Å²) in [5.41, 5.74) is 1.14. The second-order valence-electron chi connectivity index (χ2n) is 6.12. The maximum atomic E-state index is 12.5. The quantitative estimate of drug-likeness (QED) is 0.788. The van der Waals surface area contributed by atoms with E-state index >= 15 is 0 Å². The second-order valence-corrected chi connectivity index (χ2v) is 7.04. The topological polar surface area (TPSA) is 67.4 Å². The predicted octanol–water partition coefficient (Wildman–Crippen LogP) is 3.42. The van der Waals surface area contributed by atoms with Crippen molar-refractivity contribution in [1.82, 2.24) is 10.6 Å². The van der Waals surface area contributed by atoms with Crippen molar-refractivity contribution in [3.05, 3.63) is 45.6 Å². The second kappa shape index (κ2) is 6.12. The van der Waals surface area contributed by atoms with Crippen LogP contribution in [0, 0.1) is 0 Å². The molecule has 0 spiro atoms. The highest BCUT2D eigenvalue weighted by molar-refractivity contribution is 9.10. The highest BCUT2D eigenvalue weighted by atomic mass is 79.9. The van der Waals surface area contributed by atoms with Crippen LogP contribution < -0.4 is 10.6 Å². The molecular formula is C16H19BrN2O3. The van der Waals surface area contributed by atoms with Crippen LogP contribution in [-0.4, -0.2) is 17.6 Å². The molecule has 2 N–H and O–H groups in total. The Balaban J connectivity index is 2.41. The van der Waals surface area contributed by atoms with Crippen molar-refractivity contribution >= 4 is 27.9 Å². The van der Waals surface area contributed by atoms with Gasteiger partial charge in [-0.3, -0.25) is 0 Å². The number of urea groups is 1. The van der Waals surface area contributed by atoms with E-state index in [0.717, 1.165) is 10.0 Å². The van der Waals surface area contributed by atoms with Gasteiger partial charge in [0.1, 0.15) is 5.60 Å². The van der Waals surface area contributed by atoms with Crippen LogP contribution in [0.2, 0.25) is 0 Å². The molecule has 0 fully saturated rings. The lowest BCUT2D eigenvalue weighted by atomic mass is 9.95. The van der Waals surface area contributed by atoms with E-state index in [1.54, 1.807) is 6.92 Å². The average Bonchev–Trinajstić information content (AvgIpc) is 2.36. The molecule has 1 aromatic carbocycles. The van der Waals surface area contributed by atoms with Gasteiger partial charge in [-0.2, -0.15) is 0 Å². The molecule has 118 valence electrons. The molecular weight excluding hydrogens is 348 g/mol. The average molecular weight is 367 g/mol. The molecule has 5 nitrogen and oxygen atoms in total. The Labute approximate surface area is 138 Å². The minimum Gasteiger partial charge on any atom is -0.456 e. The van der Waals surface area contributed by atoms with Crippen molar-refractivity contribution in [3.8, 4) is 0 Å². The van der Waals surface area contributed by atoms with Crippen LogP contribution in [0.25, 0.3) is 0 Å². The van der Waals surface area contributed by atoms with Crippen molar-refractivity contribution in [1.29, 1.82) is 0 Å². The van der Waals surface area contributed by atoms with Crippen LogP contribution in [-0.2, 0) is 9.53 Å². The summed E-state index contributed by atoms with van der Waals surface area (Å²) in [6, 6.07) is 6.59. The van der Waals surface area contributed by atoms with Gasteiger partial charge in [-0.1, -0.05) is 28.1 Å². The fraction of sp³-hybridized carbons (Fsp3) is 0.375. The molecule has 1 aromatic rings. The van der Waals surface area contributed by atoms with Gasteiger partial charge in [0.25, 0.3) is 0 Å². The lowest BCUT2D eigenvalue weighted by Crippen LogP contribution is -2.46. The van der Waals surface area contributed by atoms with Gasteiger partial charge in [-0.15, -0.1) is 0 Å². The van der Waals surface area contributed by atoms with E-state index < -0.39 is 17.6 Å². The van der Waals surface area contributed by atoms with E-state index in [9.17, 15) is 9.59 Å². The molecule has 0 radical (unpaired) electrons. The predicted molar refractivity (Wildman–Crippen MR) is 87.1 cm³/mol. The maximum absolute atomic E-state index is 12.5. The summed E-state index contributed by atoms with van der Waals surface area (Å²) in [5.74, 6) is -0.439. The molecule has 0 aromatic heterocycles. The number of allylic oxidation sites excluding steroid dienone is 1. The summed E-state index contributed by atoms with van der Waals surface area (Å²) in [5, 5.41) is 5.40. The van der Waals surface area contributed by atoms with Crippen LogP contribution in [0.3, 0.4) is 0 Å². The van der Waals surface area contributed by atoms with Gasteiger partial charge in [0.05, 0.1) is 11.6 Å². The minimum absolute atomic E-state index is 0.335. The molecule has 0 saturated heterocycles. The summed E-state index contributed by atoms with van der Waals surface area (Å²) in [6.45, 7) is 7.13. The lowest BCUT2D eigenvalue weighted by molar-refractivity contribution is -0.150. The minimum atomic E-state index is -0.601. The number of carbonyl (C=O) groups excluding carboxylic acids is 2. The third kappa shape index (κ3) is 3.88. The summed E-state index contributed by atoms with van der Waals surface area (Å²) in [4.78, 5) is 24.3. The van der Waals surface area contributed by atoms with Gasteiger partial charge in [0.15, 0.2) is 0 Å². The number of nitrogens with one attached hydrogen (secondary N) is 2. The van der Waals surface area contributed by atoms with Crippen molar-refractivity contribution in [2.24, 2.45) is 0 Å². The molecule has 1 unspecified atom stereocenters. The Morgan fingerprint density at radius 3 is 2.36 bits per heavy atom. The molecule has 22 heavy (non-hydrogen) atoms. The molecule has 2 amide bonds. The summed E-state index contributed by atoms with van der Waals surface area (Å²) in [6.07, 6.45) is 0. The van der Waals surface area contributed by atoms with Crippen LogP contribution in [0.4, 0.5) is 4.79 Å². The maximum Gasteiger partial charge on any atom is 0.338 e. The number of carbonyl (C=O) groups is 2. The number of amides is 2. The van der Waals surface area contributed by atoms with E-state index in [2.05, 4.69) is 26.6 Å². The fourth-order valence-electron chi connectivity index (χ4n) is 2.20. The normalized spacial score (nSPS) is 18.6. The highest BCUT2D eigenvalue weighted by Crippen LogP contribution is 2.29. The third-order valence-electron chi connectivity index (χ3n) is 3.09. The number of halogens is 1. The molecule has 6 heteroatoms. The zero-order valence-corrected chi connectivity index (χ0v) is 14.6. The summed E-state index contributed by atoms with van der Waals surface area (Å²) < 4.78 is 6.39. The Hall–Kier alpha value is -1.82. The van der Waals surface area contributed by atoms with Crippen molar-refractivity contribution in [3.63, 3.8) is 0 Å². The van der Waals surface area contributed by atoms with Crippen LogP contribution in [0.5, 0.6) is 0 Å². The SMILES string of the molecule is CC1=C(C(=O)OC(C)(C)C)C(c2ccc(Br)cc2)NC(=O)N1. The van der Waals surface area contributed by atoms with Gasteiger partial charge in [-0.05, 0) is 45.4 Å². The Morgan fingerprint density at radius 1 is 1.23 bits per heavy atom. The number of hydrogen-bond acceptors (Lipinski definition) is 3. The standard InChI is InChI=1S/C16H19BrN2O3/c1-9-12(14(20)22-16(2,3)4)13(19-15(21)18-9)10-5-7-11(17)8-6-10/h5-8,13H,1-4H3,(H2,18,19,21). The first-order valence-corrected chi connectivity index (χ1v) is 7.74.